The van der Waals surface area contributed by atoms with Crippen molar-refractivity contribution in [1.82, 2.24) is 14.8 Å². The van der Waals surface area contributed by atoms with Crippen molar-refractivity contribution in [2.75, 3.05) is 0 Å². The maximum Gasteiger partial charge on any atom is 0.420 e. The predicted molar refractivity (Wildman–Crippen MR) is 101 cm³/mol. The van der Waals surface area contributed by atoms with Gasteiger partial charge in [0, 0.05) is 12.6 Å². The molecule has 0 aliphatic carbocycles. The number of hydrogen-bond acceptors (Lipinski definition) is 4. The molecule has 0 fully saturated rings. The summed E-state index contributed by atoms with van der Waals surface area (Å²) in [7, 11) is 1.40. The minimum atomic E-state index is -4.80. The fourth-order valence-electron chi connectivity index (χ4n) is 3.24. The van der Waals surface area contributed by atoms with Crippen LogP contribution in [0, 0.1) is 11.3 Å². The molecule has 3 aromatic rings. The summed E-state index contributed by atoms with van der Waals surface area (Å²) in [5.41, 5.74) is -4.03. The summed E-state index contributed by atoms with van der Waals surface area (Å²) >= 11 is 0. The van der Waals surface area contributed by atoms with Crippen molar-refractivity contribution >= 4 is 0 Å². The molecule has 0 N–H and O–H groups in total. The number of alkyl halides is 6. The maximum atomic E-state index is 13.5. The molecule has 0 aliphatic heterocycles. The minimum absolute atomic E-state index is 0.00182. The Balaban J connectivity index is 2.05. The highest BCUT2D eigenvalue weighted by molar-refractivity contribution is 5.61. The van der Waals surface area contributed by atoms with Crippen LogP contribution in [0.1, 0.15) is 36.4 Å². The molecule has 2 aromatic carbocycles. The van der Waals surface area contributed by atoms with E-state index in [0.29, 0.717) is 6.07 Å². The number of halogens is 6. The predicted octanol–water partition coefficient (Wildman–Crippen LogP) is 5.71. The van der Waals surface area contributed by atoms with Gasteiger partial charge in [-0.3, -0.25) is 0 Å². The first-order chi connectivity index (χ1) is 14.8. The number of benzene rings is 2. The van der Waals surface area contributed by atoms with Gasteiger partial charge in [0.05, 0.1) is 22.8 Å². The van der Waals surface area contributed by atoms with Crippen molar-refractivity contribution in [2.24, 2.45) is 7.05 Å². The first-order valence-electron chi connectivity index (χ1n) is 9.12. The lowest BCUT2D eigenvalue weighted by molar-refractivity contribution is -0.140. The second kappa shape index (κ2) is 7.85. The Kier molecular flexibility index (Phi) is 5.67. The minimum Gasteiger partial charge on any atom is -0.479 e. The molecule has 32 heavy (non-hydrogen) atoms. The van der Waals surface area contributed by atoms with Gasteiger partial charge in [-0.15, -0.1) is 10.2 Å². The Bertz CT molecular complexity index is 1190. The first kappa shape index (κ1) is 23.1. The summed E-state index contributed by atoms with van der Waals surface area (Å²) < 4.78 is 87.5. The summed E-state index contributed by atoms with van der Waals surface area (Å²) in [5.74, 6) is -0.677. The van der Waals surface area contributed by atoms with Crippen molar-refractivity contribution < 1.29 is 31.1 Å². The van der Waals surface area contributed by atoms with Crippen LogP contribution in [0.2, 0.25) is 0 Å². The molecule has 0 saturated heterocycles. The van der Waals surface area contributed by atoms with E-state index in [0.717, 1.165) is 12.1 Å². The molecule has 5 nitrogen and oxygen atoms in total. The molecule has 11 heteroatoms. The summed E-state index contributed by atoms with van der Waals surface area (Å²) in [6, 6.07) is 9.25. The summed E-state index contributed by atoms with van der Waals surface area (Å²) in [5, 5.41) is 16.6. The fraction of sp³-hybridized carbons (Fsp3) is 0.286. The molecule has 0 radical (unpaired) electrons. The van der Waals surface area contributed by atoms with Crippen molar-refractivity contribution in [2.45, 2.75) is 31.8 Å². The average molecular weight is 454 g/mol. The quantitative estimate of drug-likeness (QED) is 0.474. The topological polar surface area (TPSA) is 63.7 Å². The molecule has 0 unspecified atom stereocenters. The van der Waals surface area contributed by atoms with E-state index in [4.69, 9.17) is 10.00 Å². The van der Waals surface area contributed by atoms with Crippen molar-refractivity contribution in [3.8, 4) is 23.2 Å². The van der Waals surface area contributed by atoms with Gasteiger partial charge in [-0.1, -0.05) is 18.2 Å². The van der Waals surface area contributed by atoms with Gasteiger partial charge in [0.15, 0.2) is 17.2 Å². The van der Waals surface area contributed by atoms with Crippen LogP contribution in [-0.2, 0) is 25.0 Å². The average Bonchev–Trinajstić information content (AvgIpc) is 3.08. The normalized spacial score (nSPS) is 12.5. The van der Waals surface area contributed by atoms with Gasteiger partial charge < -0.3 is 9.30 Å². The molecule has 0 aliphatic rings. The van der Waals surface area contributed by atoms with Gasteiger partial charge in [-0.2, -0.15) is 31.6 Å². The number of rotatable bonds is 4. The molecule has 0 atom stereocenters. The van der Waals surface area contributed by atoms with Crippen LogP contribution in [0.15, 0.2) is 42.5 Å². The number of hydrogen-bond donors (Lipinski definition) is 0. The molecule has 0 bridgehead atoms. The zero-order valence-corrected chi connectivity index (χ0v) is 17.0. The van der Waals surface area contributed by atoms with Crippen molar-refractivity contribution in [3.63, 3.8) is 0 Å². The second-order valence-corrected chi connectivity index (χ2v) is 7.38. The lowest BCUT2D eigenvalue weighted by Gasteiger charge is -2.27. The van der Waals surface area contributed by atoms with E-state index in [1.54, 1.807) is 6.07 Å². The third-order valence-electron chi connectivity index (χ3n) is 4.67. The molecular formula is C21H16F6N4O. The smallest absolute Gasteiger partial charge is 0.420 e. The Morgan fingerprint density at radius 2 is 1.53 bits per heavy atom. The van der Waals surface area contributed by atoms with E-state index in [1.165, 1.54) is 49.7 Å². The molecule has 1 aromatic heterocycles. The van der Waals surface area contributed by atoms with Crippen molar-refractivity contribution in [3.05, 3.63) is 65.0 Å². The van der Waals surface area contributed by atoms with Crippen LogP contribution < -0.4 is 4.74 Å². The lowest BCUT2D eigenvalue weighted by Crippen LogP contribution is -2.30. The van der Waals surface area contributed by atoms with E-state index in [9.17, 15) is 26.3 Å². The number of nitriles is 1. The highest BCUT2D eigenvalue weighted by atomic mass is 19.4. The standard InChI is InChI=1S/C21H16F6N4O/c1-19(2,32-16-9-8-12(11-28)10-15(16)21(25,26)27)18-30-29-17(31(18)3)13-6-4-5-7-14(13)20(22,23)24/h4-10H,1-3H3. The number of nitrogens with zero attached hydrogens (tertiary/aromatic N) is 4. The molecule has 1 heterocycles. The van der Waals surface area contributed by atoms with Gasteiger partial charge in [-0.05, 0) is 38.1 Å². The van der Waals surface area contributed by atoms with Gasteiger partial charge in [0.2, 0.25) is 0 Å². The van der Waals surface area contributed by atoms with Gasteiger partial charge >= 0.3 is 12.4 Å². The first-order valence-corrected chi connectivity index (χ1v) is 9.12. The van der Waals surface area contributed by atoms with Gasteiger partial charge in [0.1, 0.15) is 5.75 Å². The van der Waals surface area contributed by atoms with Crippen LogP contribution in [0.5, 0.6) is 5.75 Å². The number of aromatic nitrogens is 3. The van der Waals surface area contributed by atoms with Crippen LogP contribution >= 0.6 is 0 Å². The summed E-state index contributed by atoms with van der Waals surface area (Å²) in [6.07, 6.45) is -9.44. The van der Waals surface area contributed by atoms with Crippen LogP contribution in [0.4, 0.5) is 26.3 Å². The Hall–Kier alpha value is -3.55. The van der Waals surface area contributed by atoms with Crippen LogP contribution in [0.25, 0.3) is 11.4 Å². The van der Waals surface area contributed by atoms with Crippen molar-refractivity contribution in [1.29, 1.82) is 5.26 Å². The third-order valence-corrected chi connectivity index (χ3v) is 4.67. The Morgan fingerprint density at radius 3 is 2.12 bits per heavy atom. The zero-order chi connectivity index (χ0) is 23.9. The molecular weight excluding hydrogens is 438 g/mol. The van der Waals surface area contributed by atoms with E-state index >= 15 is 0 Å². The monoisotopic (exact) mass is 454 g/mol. The van der Waals surface area contributed by atoms with Gasteiger partial charge in [0.25, 0.3) is 0 Å². The highest BCUT2D eigenvalue weighted by Gasteiger charge is 2.39. The summed E-state index contributed by atoms with van der Waals surface area (Å²) in [6.45, 7) is 2.82. The molecule has 3 rings (SSSR count). The van der Waals surface area contributed by atoms with E-state index < -0.39 is 34.8 Å². The molecule has 168 valence electrons. The summed E-state index contributed by atoms with van der Waals surface area (Å²) in [4.78, 5) is 0. The van der Waals surface area contributed by atoms with Gasteiger partial charge in [-0.25, -0.2) is 0 Å². The Morgan fingerprint density at radius 1 is 0.906 bits per heavy atom. The van der Waals surface area contributed by atoms with Crippen LogP contribution in [0.3, 0.4) is 0 Å². The highest BCUT2D eigenvalue weighted by Crippen LogP contribution is 2.40. The third kappa shape index (κ3) is 4.39. The largest absolute Gasteiger partial charge is 0.479 e. The second-order valence-electron chi connectivity index (χ2n) is 7.38. The fourth-order valence-corrected chi connectivity index (χ4v) is 3.24. The molecule has 0 saturated carbocycles. The Labute approximate surface area is 178 Å². The number of ether oxygens (including phenoxy) is 1. The maximum absolute atomic E-state index is 13.5. The molecule has 0 spiro atoms. The van der Waals surface area contributed by atoms with E-state index in [2.05, 4.69) is 10.2 Å². The van der Waals surface area contributed by atoms with E-state index in [-0.39, 0.29) is 22.8 Å². The van der Waals surface area contributed by atoms with Crippen LogP contribution in [-0.4, -0.2) is 14.8 Å². The lowest BCUT2D eigenvalue weighted by atomic mass is 10.1. The zero-order valence-electron chi connectivity index (χ0n) is 17.0. The molecule has 0 amide bonds. The SMILES string of the molecule is Cn1c(-c2ccccc2C(F)(F)F)nnc1C(C)(C)Oc1ccc(C#N)cc1C(F)(F)F. The van der Waals surface area contributed by atoms with E-state index in [1.807, 2.05) is 0 Å².